The standard InChI is InChI=1S/C70H133NO4/c1-3-5-7-9-11-13-15-17-19-21-23-25-27-28-29-30-31-32-33-34-35-36-37-38-39-40-41-43-45-47-49-51-53-55-57-59-61-63-65-69(74)70(75)71-67(66-72)68(73)64-62-60-58-56-54-52-50-48-46-44-42-26-24-22-20-18-16-14-12-10-8-6-4-2/h34-35,46,48,54,56,62,64,67-69,72-74H,3-33,36-45,47,49-53,55,57-61,63,65-66H2,1-2H3,(H,71,75)/b35-34-,48-46+,56-54+,64-62+. The van der Waals surface area contributed by atoms with Crippen molar-refractivity contribution in [1.29, 1.82) is 0 Å². The van der Waals surface area contributed by atoms with E-state index in [9.17, 15) is 20.1 Å². The minimum atomic E-state index is -1.11. The molecule has 3 atom stereocenters. The average molecular weight is 1050 g/mol. The first kappa shape index (κ1) is 73.3. The molecule has 0 aromatic heterocycles. The summed E-state index contributed by atoms with van der Waals surface area (Å²) in [5.41, 5.74) is 0. The molecule has 0 rings (SSSR count). The Kier molecular flexibility index (Phi) is 63.4. The van der Waals surface area contributed by atoms with Crippen LogP contribution in [0.1, 0.15) is 367 Å². The van der Waals surface area contributed by atoms with Crippen molar-refractivity contribution < 1.29 is 20.1 Å². The smallest absolute Gasteiger partial charge is 0.249 e. The van der Waals surface area contributed by atoms with Gasteiger partial charge in [0.1, 0.15) is 6.10 Å². The molecule has 5 nitrogen and oxygen atoms in total. The van der Waals surface area contributed by atoms with Crippen LogP contribution in [0.15, 0.2) is 48.6 Å². The lowest BCUT2D eigenvalue weighted by Gasteiger charge is -2.21. The number of aliphatic hydroxyl groups excluding tert-OH is 3. The van der Waals surface area contributed by atoms with Crippen molar-refractivity contribution in [3.8, 4) is 0 Å². The third kappa shape index (κ3) is 59.8. The van der Waals surface area contributed by atoms with E-state index in [1.165, 1.54) is 302 Å². The molecule has 0 fully saturated rings. The molecule has 1 amide bonds. The van der Waals surface area contributed by atoms with Crippen LogP contribution in [0, 0.1) is 0 Å². The molecule has 442 valence electrons. The summed E-state index contributed by atoms with van der Waals surface area (Å²) in [6, 6.07) is -0.823. The lowest BCUT2D eigenvalue weighted by molar-refractivity contribution is -0.131. The minimum Gasteiger partial charge on any atom is -0.394 e. The van der Waals surface area contributed by atoms with Gasteiger partial charge in [0.2, 0.25) is 5.91 Å². The number of amides is 1. The van der Waals surface area contributed by atoms with Crippen LogP contribution in [0.4, 0.5) is 0 Å². The van der Waals surface area contributed by atoms with Gasteiger partial charge < -0.3 is 20.6 Å². The Labute approximate surface area is 469 Å². The summed E-state index contributed by atoms with van der Waals surface area (Å²) in [7, 11) is 0. The van der Waals surface area contributed by atoms with E-state index < -0.39 is 24.2 Å². The highest BCUT2D eigenvalue weighted by atomic mass is 16.3. The van der Waals surface area contributed by atoms with Crippen molar-refractivity contribution in [1.82, 2.24) is 5.32 Å². The number of hydrogen-bond acceptors (Lipinski definition) is 4. The number of nitrogens with one attached hydrogen (secondary N) is 1. The fraction of sp³-hybridized carbons (Fsp3) is 0.871. The van der Waals surface area contributed by atoms with Crippen LogP contribution in [-0.2, 0) is 4.79 Å². The Morgan fingerprint density at radius 1 is 0.320 bits per heavy atom. The van der Waals surface area contributed by atoms with Gasteiger partial charge in [0.15, 0.2) is 0 Å². The van der Waals surface area contributed by atoms with Crippen molar-refractivity contribution in [3.63, 3.8) is 0 Å². The summed E-state index contributed by atoms with van der Waals surface area (Å²) in [6.07, 6.45) is 88.3. The van der Waals surface area contributed by atoms with Gasteiger partial charge in [-0.1, -0.05) is 345 Å². The van der Waals surface area contributed by atoms with Crippen LogP contribution in [0.3, 0.4) is 0 Å². The summed E-state index contributed by atoms with van der Waals surface area (Å²) < 4.78 is 0. The fourth-order valence-electron chi connectivity index (χ4n) is 10.6. The van der Waals surface area contributed by atoms with E-state index in [0.29, 0.717) is 6.42 Å². The maximum Gasteiger partial charge on any atom is 0.249 e. The van der Waals surface area contributed by atoms with E-state index in [1.54, 1.807) is 6.08 Å². The zero-order valence-corrected chi connectivity index (χ0v) is 50.7. The number of unbranched alkanes of at least 4 members (excludes halogenated alkanes) is 49. The number of carbonyl (C=O) groups is 1. The van der Waals surface area contributed by atoms with Gasteiger partial charge >= 0.3 is 0 Å². The van der Waals surface area contributed by atoms with Crippen molar-refractivity contribution in [3.05, 3.63) is 48.6 Å². The first-order valence-corrected chi connectivity index (χ1v) is 34.0. The Morgan fingerprint density at radius 3 is 0.813 bits per heavy atom. The molecule has 0 aliphatic heterocycles. The van der Waals surface area contributed by atoms with Gasteiger partial charge in [-0.25, -0.2) is 0 Å². The second-order valence-corrected chi connectivity index (χ2v) is 23.4. The molecular formula is C70H133NO4. The molecule has 0 heterocycles. The molecule has 5 heteroatoms. The van der Waals surface area contributed by atoms with Crippen LogP contribution in [0.2, 0.25) is 0 Å². The zero-order chi connectivity index (χ0) is 54.3. The quantitative estimate of drug-likeness (QED) is 0.0361. The second kappa shape index (κ2) is 64.8. The minimum absolute atomic E-state index is 0.380. The van der Waals surface area contributed by atoms with Crippen LogP contribution >= 0.6 is 0 Å². The first-order chi connectivity index (χ1) is 37.1. The molecule has 0 saturated heterocycles. The summed E-state index contributed by atoms with van der Waals surface area (Å²) in [4.78, 5) is 12.6. The first-order valence-electron chi connectivity index (χ1n) is 34.0. The maximum absolute atomic E-state index is 12.6. The third-order valence-electron chi connectivity index (χ3n) is 15.9. The predicted octanol–water partition coefficient (Wildman–Crippen LogP) is 21.9. The van der Waals surface area contributed by atoms with Crippen molar-refractivity contribution in [2.24, 2.45) is 0 Å². The largest absolute Gasteiger partial charge is 0.394 e. The highest BCUT2D eigenvalue weighted by Gasteiger charge is 2.22. The molecule has 0 aliphatic rings. The molecule has 0 radical (unpaired) electrons. The Balaban J connectivity index is 3.52. The monoisotopic (exact) mass is 1050 g/mol. The lowest BCUT2D eigenvalue weighted by Crippen LogP contribution is -2.48. The van der Waals surface area contributed by atoms with Crippen LogP contribution in [0.25, 0.3) is 0 Å². The molecular weight excluding hydrogens is 919 g/mol. The summed E-state index contributed by atoms with van der Waals surface area (Å²) >= 11 is 0. The van der Waals surface area contributed by atoms with Crippen molar-refractivity contribution in [2.45, 2.75) is 385 Å². The van der Waals surface area contributed by atoms with Gasteiger partial charge in [0, 0.05) is 0 Å². The Hall–Kier alpha value is -1.69. The van der Waals surface area contributed by atoms with E-state index in [1.807, 2.05) is 6.08 Å². The number of aliphatic hydroxyl groups is 3. The van der Waals surface area contributed by atoms with Gasteiger partial charge in [0.25, 0.3) is 0 Å². The second-order valence-electron chi connectivity index (χ2n) is 23.4. The number of carbonyl (C=O) groups excluding carboxylic acids is 1. The number of hydrogen-bond donors (Lipinski definition) is 4. The Bertz CT molecular complexity index is 1210. The fourth-order valence-corrected chi connectivity index (χ4v) is 10.6. The van der Waals surface area contributed by atoms with E-state index in [4.69, 9.17) is 0 Å². The molecule has 4 N–H and O–H groups in total. The van der Waals surface area contributed by atoms with E-state index in [-0.39, 0.29) is 6.61 Å². The van der Waals surface area contributed by atoms with Gasteiger partial charge in [-0.2, -0.15) is 0 Å². The molecule has 0 aromatic rings. The molecule has 75 heavy (non-hydrogen) atoms. The van der Waals surface area contributed by atoms with Crippen molar-refractivity contribution in [2.75, 3.05) is 6.61 Å². The van der Waals surface area contributed by atoms with Crippen LogP contribution in [-0.4, -0.2) is 46.1 Å². The summed E-state index contributed by atoms with van der Waals surface area (Å²) in [6.45, 7) is 4.21. The van der Waals surface area contributed by atoms with Crippen LogP contribution in [0.5, 0.6) is 0 Å². The molecule has 3 unspecified atom stereocenters. The number of allylic oxidation sites excluding steroid dienone is 7. The van der Waals surface area contributed by atoms with E-state index >= 15 is 0 Å². The molecule has 0 aliphatic carbocycles. The molecule has 0 saturated carbocycles. The average Bonchev–Trinajstić information content (AvgIpc) is 3.41. The third-order valence-corrected chi connectivity index (χ3v) is 15.9. The van der Waals surface area contributed by atoms with Crippen LogP contribution < -0.4 is 5.32 Å². The van der Waals surface area contributed by atoms with Gasteiger partial charge in [0.05, 0.1) is 18.8 Å². The zero-order valence-electron chi connectivity index (χ0n) is 50.7. The molecule has 0 bridgehead atoms. The van der Waals surface area contributed by atoms with Crippen molar-refractivity contribution >= 4 is 5.91 Å². The maximum atomic E-state index is 12.6. The highest BCUT2D eigenvalue weighted by molar-refractivity contribution is 5.80. The predicted molar refractivity (Wildman–Crippen MR) is 333 cm³/mol. The Morgan fingerprint density at radius 2 is 0.547 bits per heavy atom. The topological polar surface area (TPSA) is 89.8 Å². The summed E-state index contributed by atoms with van der Waals surface area (Å²) in [5, 5.41) is 33.4. The summed E-state index contributed by atoms with van der Waals surface area (Å²) in [5.74, 6) is -0.512. The SMILES string of the molecule is CCCCCCCCCCCCCCC/C=C/CC/C=C/CC/C=C/C(O)C(CO)NC(=O)C(O)CCCCCCCCCCCCCCCCCC/C=C\CCCCCCCCCCCCCCCCCCCC. The highest BCUT2D eigenvalue weighted by Crippen LogP contribution is 2.18. The van der Waals surface area contributed by atoms with E-state index in [0.717, 1.165) is 44.9 Å². The van der Waals surface area contributed by atoms with Gasteiger partial charge in [-0.3, -0.25) is 4.79 Å². The molecule has 0 aromatic carbocycles. The lowest BCUT2D eigenvalue weighted by atomic mass is 10.0. The number of rotatable bonds is 63. The normalized spacial score (nSPS) is 13.4. The van der Waals surface area contributed by atoms with Gasteiger partial charge in [-0.15, -0.1) is 0 Å². The van der Waals surface area contributed by atoms with E-state index in [2.05, 4.69) is 55.6 Å². The molecule has 0 spiro atoms. The van der Waals surface area contributed by atoms with Gasteiger partial charge in [-0.05, 0) is 70.6 Å².